The van der Waals surface area contributed by atoms with Gasteiger partial charge < -0.3 is 20.5 Å². The number of hydrogen-bond acceptors (Lipinski definition) is 5. The quantitative estimate of drug-likeness (QED) is 0.562. The summed E-state index contributed by atoms with van der Waals surface area (Å²) in [5.41, 5.74) is 6.89. The molecule has 0 spiro atoms. The van der Waals surface area contributed by atoms with Crippen LogP contribution in [-0.2, 0) is 14.3 Å². The molecule has 0 aliphatic heterocycles. The van der Waals surface area contributed by atoms with Gasteiger partial charge in [-0.25, -0.2) is 4.79 Å². The van der Waals surface area contributed by atoms with Crippen molar-refractivity contribution in [1.29, 1.82) is 0 Å². The highest BCUT2D eigenvalue weighted by atomic mass is 16.5. The maximum atomic E-state index is 12.1. The number of aliphatic carboxylic acids is 1. The van der Waals surface area contributed by atoms with Crippen LogP contribution in [-0.4, -0.2) is 36.2 Å². The number of para-hydroxylation sites is 2. The van der Waals surface area contributed by atoms with E-state index in [4.69, 9.17) is 15.6 Å². The third-order valence-electron chi connectivity index (χ3n) is 3.05. The molecule has 3 N–H and O–H groups in total. The normalized spacial score (nSPS) is 11.7. The summed E-state index contributed by atoms with van der Waals surface area (Å²) in [5, 5.41) is 9.13. The summed E-state index contributed by atoms with van der Waals surface area (Å²) < 4.78 is 5.07. The molecule has 1 unspecified atom stereocenters. The molecule has 0 aliphatic carbocycles. The maximum absolute atomic E-state index is 12.1. The van der Waals surface area contributed by atoms with Crippen molar-refractivity contribution in [2.24, 2.45) is 0 Å². The zero-order valence-electron chi connectivity index (χ0n) is 12.4. The van der Waals surface area contributed by atoms with Crippen LogP contribution in [0.5, 0.6) is 0 Å². The Morgan fingerprint density at radius 1 is 1.33 bits per heavy atom. The Morgan fingerprint density at radius 3 is 2.52 bits per heavy atom. The molecular formula is C15H22N2O4. The molecule has 0 aliphatic rings. The number of anilines is 2. The molecule has 1 aromatic carbocycles. The van der Waals surface area contributed by atoms with Gasteiger partial charge in [-0.3, -0.25) is 4.79 Å². The van der Waals surface area contributed by atoms with Gasteiger partial charge in [0.25, 0.3) is 0 Å². The number of esters is 1. The predicted octanol–water partition coefficient (Wildman–Crippen LogP) is 1.89. The number of carboxylic acids is 1. The second-order valence-electron chi connectivity index (χ2n) is 4.64. The molecular weight excluding hydrogens is 272 g/mol. The van der Waals surface area contributed by atoms with E-state index in [2.05, 4.69) is 0 Å². The van der Waals surface area contributed by atoms with E-state index in [1.165, 1.54) is 4.90 Å². The third-order valence-corrected chi connectivity index (χ3v) is 3.05. The lowest BCUT2D eigenvalue weighted by atomic mass is 10.1. The minimum atomic E-state index is -1.02. The minimum absolute atomic E-state index is 0.254. The highest BCUT2D eigenvalue weighted by Crippen LogP contribution is 2.26. The number of rotatable bonds is 8. The Morgan fingerprint density at radius 2 is 2.00 bits per heavy atom. The average Bonchev–Trinajstić information content (AvgIpc) is 2.43. The van der Waals surface area contributed by atoms with Crippen LogP contribution in [0, 0.1) is 0 Å². The molecule has 0 amide bonds. The van der Waals surface area contributed by atoms with Gasteiger partial charge in [-0.15, -0.1) is 0 Å². The van der Waals surface area contributed by atoms with E-state index in [1.807, 2.05) is 6.92 Å². The molecule has 6 heteroatoms. The molecule has 6 nitrogen and oxygen atoms in total. The van der Waals surface area contributed by atoms with Crippen molar-refractivity contribution in [2.75, 3.05) is 23.8 Å². The topological polar surface area (TPSA) is 92.9 Å². The second kappa shape index (κ2) is 8.14. The van der Waals surface area contributed by atoms with Gasteiger partial charge in [-0.05, 0) is 25.5 Å². The first-order valence-electron chi connectivity index (χ1n) is 7.00. The van der Waals surface area contributed by atoms with Gasteiger partial charge in [0.15, 0.2) is 0 Å². The highest BCUT2D eigenvalue weighted by molar-refractivity contribution is 5.86. The van der Waals surface area contributed by atoms with Crippen molar-refractivity contribution in [3.8, 4) is 0 Å². The number of carbonyl (C=O) groups excluding carboxylic acids is 1. The Bertz CT molecular complexity index is 490. The van der Waals surface area contributed by atoms with Gasteiger partial charge in [0.2, 0.25) is 0 Å². The fourth-order valence-corrected chi connectivity index (χ4v) is 2.17. The first-order chi connectivity index (χ1) is 10.0. The summed E-state index contributed by atoms with van der Waals surface area (Å²) in [7, 11) is 0. The highest BCUT2D eigenvalue weighted by Gasteiger charge is 2.29. The number of hydrogen-bond donors (Lipinski definition) is 2. The van der Waals surface area contributed by atoms with E-state index in [9.17, 15) is 9.59 Å². The fraction of sp³-hybridized carbons (Fsp3) is 0.467. The minimum Gasteiger partial charge on any atom is -0.480 e. The monoisotopic (exact) mass is 294 g/mol. The van der Waals surface area contributed by atoms with Crippen LogP contribution in [0.15, 0.2) is 24.3 Å². The second-order valence-corrected chi connectivity index (χ2v) is 4.64. The molecule has 21 heavy (non-hydrogen) atoms. The molecule has 0 fully saturated rings. The molecule has 1 aromatic rings. The Balaban J connectivity index is 3.16. The van der Waals surface area contributed by atoms with Gasteiger partial charge in [0, 0.05) is 0 Å². The molecule has 116 valence electrons. The van der Waals surface area contributed by atoms with Crippen LogP contribution in [0.1, 0.15) is 26.7 Å². The van der Waals surface area contributed by atoms with Crippen LogP contribution >= 0.6 is 0 Å². The number of ether oxygens (including phenoxy) is 1. The zero-order chi connectivity index (χ0) is 15.8. The Hall–Kier alpha value is -2.24. The molecule has 0 saturated heterocycles. The lowest BCUT2D eigenvalue weighted by Gasteiger charge is -2.31. The van der Waals surface area contributed by atoms with E-state index in [0.29, 0.717) is 17.8 Å². The third kappa shape index (κ3) is 4.66. The lowest BCUT2D eigenvalue weighted by Crippen LogP contribution is -2.45. The van der Waals surface area contributed by atoms with E-state index in [0.717, 1.165) is 6.42 Å². The number of benzene rings is 1. The predicted molar refractivity (Wildman–Crippen MR) is 81.2 cm³/mol. The van der Waals surface area contributed by atoms with E-state index < -0.39 is 18.0 Å². The number of carbonyl (C=O) groups is 2. The van der Waals surface area contributed by atoms with Crippen LogP contribution in [0.25, 0.3) is 0 Å². The van der Waals surface area contributed by atoms with E-state index in [-0.39, 0.29) is 13.2 Å². The molecule has 0 bridgehead atoms. The summed E-state index contributed by atoms with van der Waals surface area (Å²) in [6.07, 6.45) is 1.23. The van der Waals surface area contributed by atoms with E-state index in [1.54, 1.807) is 31.2 Å². The summed E-state index contributed by atoms with van der Waals surface area (Å²) in [5.74, 6) is -1.45. The Labute approximate surface area is 124 Å². The summed E-state index contributed by atoms with van der Waals surface area (Å²) in [4.78, 5) is 24.8. The lowest BCUT2D eigenvalue weighted by molar-refractivity contribution is -0.145. The van der Waals surface area contributed by atoms with Crippen molar-refractivity contribution in [1.82, 2.24) is 0 Å². The molecule has 0 heterocycles. The largest absolute Gasteiger partial charge is 0.480 e. The fourth-order valence-electron chi connectivity index (χ4n) is 2.17. The molecule has 0 saturated carbocycles. The standard InChI is InChI=1S/C15H22N2O4/c1-3-7-13(15(20)21-4-2)17(10-14(18)19)12-9-6-5-8-11(12)16/h5-6,8-9,13H,3-4,7,10,16H2,1-2H3,(H,18,19). The molecule has 0 radical (unpaired) electrons. The van der Waals surface area contributed by atoms with Gasteiger partial charge in [-0.2, -0.15) is 0 Å². The van der Waals surface area contributed by atoms with Crippen LogP contribution in [0.2, 0.25) is 0 Å². The van der Waals surface area contributed by atoms with Crippen LogP contribution in [0.3, 0.4) is 0 Å². The summed E-state index contributed by atoms with van der Waals surface area (Å²) >= 11 is 0. The number of nitrogen functional groups attached to an aromatic ring is 1. The smallest absolute Gasteiger partial charge is 0.328 e. The zero-order valence-corrected chi connectivity index (χ0v) is 12.4. The van der Waals surface area contributed by atoms with Crippen molar-refractivity contribution < 1.29 is 19.4 Å². The van der Waals surface area contributed by atoms with Gasteiger partial charge in [-0.1, -0.05) is 25.5 Å². The van der Waals surface area contributed by atoms with Crippen LogP contribution < -0.4 is 10.6 Å². The molecule has 0 aromatic heterocycles. The number of nitrogens with two attached hydrogens (primary N) is 1. The maximum Gasteiger partial charge on any atom is 0.328 e. The average molecular weight is 294 g/mol. The Kier molecular flexibility index (Phi) is 6.52. The molecule has 1 atom stereocenters. The van der Waals surface area contributed by atoms with Crippen molar-refractivity contribution >= 4 is 23.3 Å². The summed E-state index contributed by atoms with van der Waals surface area (Å²) in [6.45, 7) is 3.60. The SMILES string of the molecule is CCCC(C(=O)OCC)N(CC(=O)O)c1ccccc1N. The number of carboxylic acid groups (broad SMARTS) is 1. The van der Waals surface area contributed by atoms with E-state index >= 15 is 0 Å². The molecule has 1 rings (SSSR count). The van der Waals surface area contributed by atoms with Crippen LogP contribution in [0.4, 0.5) is 11.4 Å². The van der Waals surface area contributed by atoms with Gasteiger partial charge in [0.05, 0.1) is 18.0 Å². The first-order valence-corrected chi connectivity index (χ1v) is 7.00. The van der Waals surface area contributed by atoms with Gasteiger partial charge in [0.1, 0.15) is 12.6 Å². The first kappa shape index (κ1) is 16.8. The number of nitrogens with zero attached hydrogens (tertiary/aromatic N) is 1. The van der Waals surface area contributed by atoms with Crippen molar-refractivity contribution in [3.05, 3.63) is 24.3 Å². The van der Waals surface area contributed by atoms with Crippen molar-refractivity contribution in [3.63, 3.8) is 0 Å². The van der Waals surface area contributed by atoms with Gasteiger partial charge >= 0.3 is 11.9 Å². The van der Waals surface area contributed by atoms with Crippen molar-refractivity contribution in [2.45, 2.75) is 32.7 Å². The summed E-state index contributed by atoms with van der Waals surface area (Å²) in [6, 6.07) is 6.25.